The van der Waals surface area contributed by atoms with Gasteiger partial charge < -0.3 is 5.32 Å². The minimum atomic E-state index is -0.154. The van der Waals surface area contributed by atoms with Gasteiger partial charge in [-0.2, -0.15) is 5.10 Å². The van der Waals surface area contributed by atoms with Gasteiger partial charge in [0, 0.05) is 6.07 Å². The molecule has 27 heavy (non-hydrogen) atoms. The lowest BCUT2D eigenvalue weighted by atomic mass is 10.1. The van der Waals surface area contributed by atoms with Crippen LogP contribution in [0.1, 0.15) is 26.5 Å². The van der Waals surface area contributed by atoms with Crippen LogP contribution in [0.25, 0.3) is 9.88 Å². The number of benzene rings is 1. The topological polar surface area (TPSA) is 59.8 Å². The van der Waals surface area contributed by atoms with Gasteiger partial charge in [-0.1, -0.05) is 35.9 Å². The molecule has 136 valence electrons. The molecule has 4 rings (SSSR count). The van der Waals surface area contributed by atoms with Gasteiger partial charge in [-0.15, -0.1) is 22.7 Å². The zero-order valence-electron chi connectivity index (χ0n) is 15.0. The molecule has 0 radical (unpaired) electrons. The van der Waals surface area contributed by atoms with Gasteiger partial charge >= 0.3 is 0 Å². The van der Waals surface area contributed by atoms with Crippen LogP contribution in [0, 0.1) is 13.8 Å². The number of nitrogens with zero attached hydrogens (tertiary/aromatic N) is 3. The summed E-state index contributed by atoms with van der Waals surface area (Å²) in [5.74, 6) is 0.518. The first-order valence-electron chi connectivity index (χ1n) is 8.50. The molecule has 0 aliphatic carbocycles. The van der Waals surface area contributed by atoms with Crippen LogP contribution in [0.3, 0.4) is 0 Å². The van der Waals surface area contributed by atoms with Crippen molar-refractivity contribution in [3.8, 4) is 9.88 Å². The molecule has 0 saturated carbocycles. The molecule has 0 atom stereocenters. The van der Waals surface area contributed by atoms with Crippen LogP contribution in [0.4, 0.5) is 5.82 Å². The predicted molar refractivity (Wildman–Crippen MR) is 111 cm³/mol. The first kappa shape index (κ1) is 17.6. The molecule has 1 amide bonds. The van der Waals surface area contributed by atoms with E-state index >= 15 is 0 Å². The van der Waals surface area contributed by atoms with Crippen LogP contribution in [-0.4, -0.2) is 20.7 Å². The third-order valence-corrected chi connectivity index (χ3v) is 6.34. The number of hydrogen-bond acceptors (Lipinski definition) is 5. The summed E-state index contributed by atoms with van der Waals surface area (Å²) < 4.78 is 1.79. The highest BCUT2D eigenvalue weighted by molar-refractivity contribution is 7.22. The minimum Gasteiger partial charge on any atom is -0.306 e. The maximum atomic E-state index is 12.8. The SMILES string of the molecule is Cc1ccc(Cn2nccc2NC(=O)c2sc(-c3cccs3)nc2C)cc1. The lowest BCUT2D eigenvalue weighted by Gasteiger charge is -2.09. The molecule has 0 saturated heterocycles. The smallest absolute Gasteiger partial charge is 0.268 e. The van der Waals surface area contributed by atoms with E-state index in [9.17, 15) is 4.79 Å². The van der Waals surface area contributed by atoms with Crippen molar-refractivity contribution in [1.29, 1.82) is 0 Å². The molecule has 0 spiro atoms. The third kappa shape index (κ3) is 3.84. The predicted octanol–water partition coefficient (Wildman–Crippen LogP) is 4.99. The fourth-order valence-electron chi connectivity index (χ4n) is 2.72. The van der Waals surface area contributed by atoms with Gasteiger partial charge in [-0.3, -0.25) is 4.79 Å². The second-order valence-electron chi connectivity index (χ2n) is 6.22. The molecule has 4 aromatic rings. The molecule has 3 aromatic heterocycles. The van der Waals surface area contributed by atoms with Crippen LogP contribution in [0.2, 0.25) is 0 Å². The zero-order valence-corrected chi connectivity index (χ0v) is 16.6. The monoisotopic (exact) mass is 394 g/mol. The Morgan fingerprint density at radius 2 is 1.96 bits per heavy atom. The van der Waals surface area contributed by atoms with E-state index in [1.807, 2.05) is 30.5 Å². The number of rotatable bonds is 5. The molecule has 0 fully saturated rings. The van der Waals surface area contributed by atoms with Crippen molar-refractivity contribution in [2.45, 2.75) is 20.4 Å². The summed E-state index contributed by atoms with van der Waals surface area (Å²) in [7, 11) is 0. The van der Waals surface area contributed by atoms with Gasteiger partial charge in [0.15, 0.2) is 0 Å². The molecular formula is C20H18N4OS2. The highest BCUT2D eigenvalue weighted by Crippen LogP contribution is 2.31. The van der Waals surface area contributed by atoms with Crippen LogP contribution in [-0.2, 0) is 6.54 Å². The van der Waals surface area contributed by atoms with Crippen molar-refractivity contribution in [2.75, 3.05) is 5.32 Å². The van der Waals surface area contributed by atoms with E-state index in [-0.39, 0.29) is 5.91 Å². The quantitative estimate of drug-likeness (QED) is 0.519. The lowest BCUT2D eigenvalue weighted by molar-refractivity contribution is 0.102. The van der Waals surface area contributed by atoms with Crippen LogP contribution >= 0.6 is 22.7 Å². The standard InChI is InChI=1S/C20H18N4OS2/c1-13-5-7-15(8-6-13)12-24-17(9-10-21-24)23-19(25)18-14(2)22-20(27-18)16-4-3-11-26-16/h3-11H,12H2,1-2H3,(H,23,25). The van der Waals surface area contributed by atoms with Crippen molar-refractivity contribution in [1.82, 2.24) is 14.8 Å². The second-order valence-corrected chi connectivity index (χ2v) is 8.17. The number of carbonyl (C=O) groups excluding carboxylic acids is 1. The summed E-state index contributed by atoms with van der Waals surface area (Å²) >= 11 is 3.04. The van der Waals surface area contributed by atoms with Crippen molar-refractivity contribution >= 4 is 34.4 Å². The first-order chi connectivity index (χ1) is 13.1. The van der Waals surface area contributed by atoms with Gasteiger partial charge in [0.25, 0.3) is 5.91 Å². The van der Waals surface area contributed by atoms with Crippen LogP contribution in [0.15, 0.2) is 54.0 Å². The Balaban J connectivity index is 1.52. The van der Waals surface area contributed by atoms with Crippen molar-refractivity contribution in [2.24, 2.45) is 0 Å². The number of thiazole rings is 1. The Morgan fingerprint density at radius 1 is 1.15 bits per heavy atom. The molecular weight excluding hydrogens is 376 g/mol. The number of anilines is 1. The molecule has 7 heteroatoms. The number of amides is 1. The Labute approximate surface area is 165 Å². The van der Waals surface area contributed by atoms with E-state index in [1.165, 1.54) is 16.9 Å². The average Bonchev–Trinajstić information content (AvgIpc) is 3.38. The number of thiophene rings is 1. The average molecular weight is 395 g/mol. The van der Waals surface area contributed by atoms with E-state index in [1.54, 1.807) is 22.2 Å². The van der Waals surface area contributed by atoms with E-state index in [0.717, 1.165) is 21.1 Å². The van der Waals surface area contributed by atoms with Gasteiger partial charge in [0.1, 0.15) is 15.7 Å². The van der Waals surface area contributed by atoms with E-state index in [0.29, 0.717) is 17.2 Å². The van der Waals surface area contributed by atoms with Crippen LogP contribution < -0.4 is 5.32 Å². The first-order valence-corrected chi connectivity index (χ1v) is 10.2. The van der Waals surface area contributed by atoms with Crippen LogP contribution in [0.5, 0.6) is 0 Å². The maximum absolute atomic E-state index is 12.8. The number of nitrogens with one attached hydrogen (secondary N) is 1. The number of hydrogen-bond donors (Lipinski definition) is 1. The van der Waals surface area contributed by atoms with E-state index < -0.39 is 0 Å². The van der Waals surface area contributed by atoms with Crippen molar-refractivity contribution in [3.05, 3.63) is 75.7 Å². The Kier molecular flexibility index (Phi) is 4.87. The summed E-state index contributed by atoms with van der Waals surface area (Å²) in [6.45, 7) is 4.53. The molecule has 0 aliphatic rings. The summed E-state index contributed by atoms with van der Waals surface area (Å²) in [5, 5.41) is 10.2. The van der Waals surface area contributed by atoms with E-state index in [4.69, 9.17) is 0 Å². The molecule has 1 aromatic carbocycles. The van der Waals surface area contributed by atoms with Gasteiger partial charge in [0.2, 0.25) is 0 Å². The summed E-state index contributed by atoms with van der Waals surface area (Å²) in [6, 6.07) is 14.1. The molecule has 0 bridgehead atoms. The Morgan fingerprint density at radius 3 is 2.70 bits per heavy atom. The summed E-state index contributed by atoms with van der Waals surface area (Å²) in [6.07, 6.45) is 1.69. The number of aromatic nitrogens is 3. The fourth-order valence-corrected chi connectivity index (χ4v) is 4.48. The molecule has 0 aliphatic heterocycles. The van der Waals surface area contributed by atoms with E-state index in [2.05, 4.69) is 46.6 Å². The fraction of sp³-hybridized carbons (Fsp3) is 0.150. The third-order valence-electron chi connectivity index (χ3n) is 4.15. The maximum Gasteiger partial charge on any atom is 0.268 e. The van der Waals surface area contributed by atoms with Gasteiger partial charge in [0.05, 0.1) is 23.3 Å². The molecule has 3 heterocycles. The highest BCUT2D eigenvalue weighted by Gasteiger charge is 2.18. The summed E-state index contributed by atoms with van der Waals surface area (Å²) in [4.78, 5) is 19.0. The zero-order chi connectivity index (χ0) is 18.8. The largest absolute Gasteiger partial charge is 0.306 e. The number of aryl methyl sites for hydroxylation is 2. The lowest BCUT2D eigenvalue weighted by Crippen LogP contribution is -2.16. The van der Waals surface area contributed by atoms with Gasteiger partial charge in [-0.25, -0.2) is 9.67 Å². The Hall–Kier alpha value is -2.77. The summed E-state index contributed by atoms with van der Waals surface area (Å²) in [5.41, 5.74) is 3.09. The molecule has 1 N–H and O–H groups in total. The molecule has 5 nitrogen and oxygen atoms in total. The number of carbonyl (C=O) groups is 1. The second kappa shape index (κ2) is 7.46. The highest BCUT2D eigenvalue weighted by atomic mass is 32.1. The minimum absolute atomic E-state index is 0.154. The Bertz CT molecular complexity index is 1060. The van der Waals surface area contributed by atoms with Crippen molar-refractivity contribution in [3.63, 3.8) is 0 Å². The van der Waals surface area contributed by atoms with Crippen molar-refractivity contribution < 1.29 is 4.79 Å². The van der Waals surface area contributed by atoms with Gasteiger partial charge in [-0.05, 0) is 30.9 Å². The molecule has 0 unspecified atom stereocenters. The normalized spacial score (nSPS) is 10.9.